The first kappa shape index (κ1) is 11.8. The monoisotopic (exact) mass is 246 g/mol. The van der Waals surface area contributed by atoms with E-state index < -0.39 is 0 Å². The van der Waals surface area contributed by atoms with Crippen molar-refractivity contribution >= 4 is 17.4 Å². The first-order valence-corrected chi connectivity index (χ1v) is 6.25. The summed E-state index contributed by atoms with van der Waals surface area (Å²) in [5.74, 6) is 1.44. The Morgan fingerprint density at radius 3 is 2.65 bits per heavy atom. The Hall–Kier alpha value is -1.68. The molecule has 0 saturated heterocycles. The van der Waals surface area contributed by atoms with E-state index in [1.54, 1.807) is 24.9 Å². The second kappa shape index (κ2) is 5.59. The van der Waals surface area contributed by atoms with Crippen molar-refractivity contribution in [3.63, 3.8) is 0 Å². The fourth-order valence-electron chi connectivity index (χ4n) is 1.39. The summed E-state index contributed by atoms with van der Waals surface area (Å²) in [5.41, 5.74) is 7.81. The van der Waals surface area contributed by atoms with Crippen LogP contribution in [0.3, 0.4) is 0 Å². The normalized spacial score (nSPS) is 10.2. The van der Waals surface area contributed by atoms with Crippen LogP contribution in [0.2, 0.25) is 0 Å². The van der Waals surface area contributed by atoms with Crippen LogP contribution < -0.4 is 10.5 Å². The number of benzene rings is 1. The Kier molecular flexibility index (Phi) is 3.88. The largest absolute Gasteiger partial charge is 0.481 e. The van der Waals surface area contributed by atoms with E-state index in [2.05, 4.69) is 17.1 Å². The maximum Gasteiger partial charge on any atom is 0.214 e. The first-order chi connectivity index (χ1) is 8.29. The minimum absolute atomic E-state index is 0.592. The molecule has 0 spiro atoms. The minimum Gasteiger partial charge on any atom is -0.481 e. The molecule has 3 nitrogen and oxygen atoms in total. The smallest absolute Gasteiger partial charge is 0.214 e. The van der Waals surface area contributed by atoms with Gasteiger partial charge < -0.3 is 10.5 Å². The van der Waals surface area contributed by atoms with E-state index in [4.69, 9.17) is 10.5 Å². The molecule has 2 aromatic rings. The van der Waals surface area contributed by atoms with Crippen LogP contribution in [0.5, 0.6) is 5.88 Å². The van der Waals surface area contributed by atoms with Gasteiger partial charge >= 0.3 is 0 Å². The lowest BCUT2D eigenvalue weighted by Gasteiger charge is -2.06. The van der Waals surface area contributed by atoms with E-state index in [9.17, 15) is 0 Å². The number of methoxy groups -OCH3 is 1. The van der Waals surface area contributed by atoms with Crippen molar-refractivity contribution in [2.45, 2.75) is 10.8 Å². The molecular weight excluding hydrogens is 232 g/mol. The Morgan fingerprint density at radius 1 is 1.18 bits per heavy atom. The fraction of sp³-hybridized carbons (Fsp3) is 0.154. The van der Waals surface area contributed by atoms with Gasteiger partial charge in [-0.15, -0.1) is 0 Å². The molecule has 0 radical (unpaired) electrons. The molecule has 4 heteroatoms. The van der Waals surface area contributed by atoms with Crippen molar-refractivity contribution in [2.75, 3.05) is 12.8 Å². The van der Waals surface area contributed by atoms with E-state index in [1.165, 1.54) is 5.56 Å². The third-order valence-corrected chi connectivity index (χ3v) is 3.37. The van der Waals surface area contributed by atoms with Crippen LogP contribution >= 0.6 is 11.8 Å². The van der Waals surface area contributed by atoms with Crippen LogP contribution in [-0.4, -0.2) is 12.1 Å². The molecule has 0 atom stereocenters. The number of hydrogen-bond donors (Lipinski definition) is 1. The number of nitrogen functional groups attached to an aromatic ring is 1. The van der Waals surface area contributed by atoms with E-state index >= 15 is 0 Å². The molecule has 0 amide bonds. The van der Waals surface area contributed by atoms with Crippen molar-refractivity contribution < 1.29 is 4.74 Å². The third-order valence-electron chi connectivity index (χ3n) is 2.29. The van der Waals surface area contributed by atoms with Crippen LogP contribution in [0.15, 0.2) is 47.5 Å². The zero-order chi connectivity index (χ0) is 12.1. The van der Waals surface area contributed by atoms with Gasteiger partial charge in [0.1, 0.15) is 5.03 Å². The van der Waals surface area contributed by atoms with Crippen LogP contribution in [0, 0.1) is 0 Å². The number of aromatic nitrogens is 1. The van der Waals surface area contributed by atoms with Gasteiger partial charge in [-0.25, -0.2) is 4.98 Å². The molecule has 0 bridgehead atoms. The van der Waals surface area contributed by atoms with Gasteiger partial charge in [-0.3, -0.25) is 0 Å². The molecule has 0 unspecified atom stereocenters. The van der Waals surface area contributed by atoms with Crippen molar-refractivity contribution in [3.05, 3.63) is 48.0 Å². The van der Waals surface area contributed by atoms with Gasteiger partial charge in [0.15, 0.2) is 0 Å². The summed E-state index contributed by atoms with van der Waals surface area (Å²) in [4.78, 5) is 4.32. The van der Waals surface area contributed by atoms with E-state index in [1.807, 2.05) is 24.3 Å². The number of hydrogen-bond acceptors (Lipinski definition) is 4. The van der Waals surface area contributed by atoms with Crippen LogP contribution in [0.25, 0.3) is 0 Å². The van der Waals surface area contributed by atoms with Crippen molar-refractivity contribution in [1.82, 2.24) is 4.98 Å². The molecule has 0 fully saturated rings. The number of nitrogens with zero attached hydrogens (tertiary/aromatic N) is 1. The highest BCUT2D eigenvalue weighted by molar-refractivity contribution is 7.98. The molecule has 1 heterocycles. The summed E-state index contributed by atoms with van der Waals surface area (Å²) >= 11 is 1.61. The van der Waals surface area contributed by atoms with Gasteiger partial charge in [0.2, 0.25) is 5.88 Å². The molecular formula is C13H14N2OS. The highest BCUT2D eigenvalue weighted by Gasteiger charge is 2.04. The number of thioether (sulfide) groups is 1. The van der Waals surface area contributed by atoms with Crippen molar-refractivity contribution in [1.29, 1.82) is 0 Å². The fourth-order valence-corrected chi connectivity index (χ4v) is 2.27. The maximum atomic E-state index is 5.87. The Bertz CT molecular complexity index is 488. The molecule has 88 valence electrons. The average Bonchev–Trinajstić information content (AvgIpc) is 2.39. The van der Waals surface area contributed by atoms with Gasteiger partial charge in [-0.2, -0.15) is 0 Å². The summed E-state index contributed by atoms with van der Waals surface area (Å²) in [7, 11) is 1.60. The second-order valence-corrected chi connectivity index (χ2v) is 4.49. The number of ether oxygens (including phenoxy) is 1. The Labute approximate surface area is 105 Å². The number of nitrogens with two attached hydrogens (primary N) is 1. The summed E-state index contributed by atoms with van der Waals surface area (Å²) in [5, 5.41) is 0.813. The average molecular weight is 246 g/mol. The Morgan fingerprint density at radius 2 is 1.94 bits per heavy atom. The van der Waals surface area contributed by atoms with Crippen LogP contribution in [-0.2, 0) is 5.75 Å². The summed E-state index contributed by atoms with van der Waals surface area (Å²) in [6.07, 6.45) is 0. The van der Waals surface area contributed by atoms with E-state index in [0.29, 0.717) is 11.6 Å². The molecule has 1 aromatic heterocycles. The van der Waals surface area contributed by atoms with Gasteiger partial charge in [-0.05, 0) is 11.6 Å². The van der Waals surface area contributed by atoms with Crippen LogP contribution in [0.1, 0.15) is 5.56 Å². The van der Waals surface area contributed by atoms with E-state index in [0.717, 1.165) is 10.8 Å². The van der Waals surface area contributed by atoms with Crippen molar-refractivity contribution in [3.8, 4) is 5.88 Å². The lowest BCUT2D eigenvalue weighted by atomic mass is 10.2. The zero-order valence-corrected chi connectivity index (χ0v) is 10.4. The molecule has 0 aliphatic rings. The second-order valence-electron chi connectivity index (χ2n) is 3.52. The topological polar surface area (TPSA) is 48.1 Å². The number of anilines is 1. The van der Waals surface area contributed by atoms with Gasteiger partial charge in [0.25, 0.3) is 0 Å². The molecule has 1 aromatic carbocycles. The third kappa shape index (κ3) is 3.14. The molecule has 2 rings (SSSR count). The highest BCUT2D eigenvalue weighted by atomic mass is 32.2. The molecule has 2 N–H and O–H groups in total. The predicted octanol–water partition coefficient (Wildman–Crippen LogP) is 2.96. The predicted molar refractivity (Wildman–Crippen MR) is 71.2 cm³/mol. The summed E-state index contributed by atoms with van der Waals surface area (Å²) in [6.45, 7) is 0. The zero-order valence-electron chi connectivity index (χ0n) is 9.59. The molecule has 17 heavy (non-hydrogen) atoms. The number of pyridine rings is 1. The quantitative estimate of drug-likeness (QED) is 0.843. The summed E-state index contributed by atoms with van der Waals surface area (Å²) < 4.78 is 5.08. The number of rotatable bonds is 4. The minimum atomic E-state index is 0.592. The van der Waals surface area contributed by atoms with Crippen LogP contribution in [0.4, 0.5) is 5.69 Å². The Balaban J connectivity index is 2.08. The van der Waals surface area contributed by atoms with Gasteiger partial charge in [-0.1, -0.05) is 42.1 Å². The van der Waals surface area contributed by atoms with Gasteiger partial charge in [0, 0.05) is 11.8 Å². The van der Waals surface area contributed by atoms with Crippen molar-refractivity contribution in [2.24, 2.45) is 0 Å². The summed E-state index contributed by atoms with van der Waals surface area (Å²) in [6, 6.07) is 13.8. The lowest BCUT2D eigenvalue weighted by molar-refractivity contribution is 0.395. The highest BCUT2D eigenvalue weighted by Crippen LogP contribution is 2.27. The SMILES string of the molecule is COc1ccc(N)c(SCc2ccccc2)n1. The first-order valence-electron chi connectivity index (χ1n) is 5.27. The molecule has 0 aliphatic carbocycles. The maximum absolute atomic E-state index is 5.87. The molecule has 0 saturated carbocycles. The lowest BCUT2D eigenvalue weighted by Crippen LogP contribution is -1.95. The molecule has 0 aliphatic heterocycles. The van der Waals surface area contributed by atoms with Gasteiger partial charge in [0.05, 0.1) is 12.8 Å². The standard InChI is InChI=1S/C13H14N2OS/c1-16-12-8-7-11(14)13(15-12)17-9-10-5-3-2-4-6-10/h2-8H,9,14H2,1H3. The van der Waals surface area contributed by atoms with E-state index in [-0.39, 0.29) is 0 Å².